The Morgan fingerprint density at radius 2 is 2.00 bits per heavy atom. The number of carbonyl (C=O) groups is 2. The zero-order valence-corrected chi connectivity index (χ0v) is 21.2. The molecular formula is C27H26ClFN6O3. The van der Waals surface area contributed by atoms with Crippen LogP contribution in [0, 0.1) is 23.1 Å². The number of carbonyl (C=O) groups excluding carboxylic acids is 2. The maximum atomic E-state index is 13.2. The molecule has 2 N–H and O–H groups in total. The van der Waals surface area contributed by atoms with Crippen molar-refractivity contribution in [3.63, 3.8) is 0 Å². The second-order valence-electron chi connectivity index (χ2n) is 9.78. The number of ether oxygens (including phenoxy) is 1. The van der Waals surface area contributed by atoms with E-state index in [0.717, 1.165) is 12.8 Å². The highest BCUT2D eigenvalue weighted by atomic mass is 35.5. The van der Waals surface area contributed by atoms with Crippen molar-refractivity contribution in [3.8, 4) is 17.5 Å². The smallest absolute Gasteiger partial charge is 0.274 e. The first-order valence-corrected chi connectivity index (χ1v) is 12.9. The van der Waals surface area contributed by atoms with E-state index < -0.39 is 29.2 Å². The van der Waals surface area contributed by atoms with Gasteiger partial charge in [-0.2, -0.15) is 15.2 Å². The van der Waals surface area contributed by atoms with E-state index in [9.17, 15) is 19.2 Å². The summed E-state index contributed by atoms with van der Waals surface area (Å²) in [4.78, 5) is 27.4. The van der Waals surface area contributed by atoms with Gasteiger partial charge in [0.1, 0.15) is 23.1 Å². The van der Waals surface area contributed by atoms with Crippen molar-refractivity contribution in [1.29, 1.82) is 5.26 Å². The number of nitrogens with zero attached hydrogens (tertiary/aromatic N) is 4. The van der Waals surface area contributed by atoms with Crippen molar-refractivity contribution in [1.82, 2.24) is 25.6 Å². The molecule has 2 aliphatic rings. The van der Waals surface area contributed by atoms with E-state index in [-0.39, 0.29) is 12.1 Å². The minimum Gasteiger partial charge on any atom is -0.492 e. The van der Waals surface area contributed by atoms with E-state index in [1.165, 1.54) is 41.7 Å². The first-order valence-electron chi connectivity index (χ1n) is 12.5. The number of nitrogens with one attached hydrogen (secondary N) is 2. The second kappa shape index (κ2) is 10.8. The van der Waals surface area contributed by atoms with Crippen LogP contribution in [-0.2, 0) is 11.2 Å². The van der Waals surface area contributed by atoms with Crippen LogP contribution < -0.4 is 15.4 Å². The van der Waals surface area contributed by atoms with Gasteiger partial charge in [-0.3, -0.25) is 9.59 Å². The van der Waals surface area contributed by atoms with E-state index in [1.54, 1.807) is 18.2 Å². The fourth-order valence-electron chi connectivity index (χ4n) is 4.11. The Morgan fingerprint density at radius 1 is 1.24 bits per heavy atom. The van der Waals surface area contributed by atoms with Gasteiger partial charge in [-0.15, -0.1) is 5.10 Å². The molecule has 2 aliphatic carbocycles. The molecule has 1 atom stereocenters. The van der Waals surface area contributed by atoms with Crippen LogP contribution in [0.15, 0.2) is 48.7 Å². The average Bonchev–Trinajstić information content (AvgIpc) is 3.47. The van der Waals surface area contributed by atoms with E-state index >= 15 is 0 Å². The Hall–Kier alpha value is -3.97. The van der Waals surface area contributed by atoms with Crippen LogP contribution in [0.3, 0.4) is 0 Å². The number of hydrogen-bond donors (Lipinski definition) is 2. The topological polar surface area (TPSA) is 122 Å². The molecule has 0 aliphatic heterocycles. The highest BCUT2D eigenvalue weighted by Crippen LogP contribution is 2.34. The van der Waals surface area contributed by atoms with Crippen LogP contribution in [0.25, 0.3) is 5.69 Å². The maximum absolute atomic E-state index is 13.2. The van der Waals surface area contributed by atoms with Crippen LogP contribution >= 0.6 is 11.6 Å². The molecule has 2 saturated carbocycles. The number of benzene rings is 2. The molecule has 0 radical (unpaired) electrons. The quantitative estimate of drug-likeness (QED) is 0.407. The van der Waals surface area contributed by atoms with Crippen molar-refractivity contribution >= 4 is 23.4 Å². The Labute approximate surface area is 223 Å². The van der Waals surface area contributed by atoms with Crippen LogP contribution in [-0.4, -0.2) is 45.0 Å². The van der Waals surface area contributed by atoms with Crippen LogP contribution in [0.1, 0.15) is 48.2 Å². The fourth-order valence-corrected chi connectivity index (χ4v) is 4.37. The minimum absolute atomic E-state index is 0.0219. The number of amides is 2. The molecule has 2 aromatic carbocycles. The zero-order valence-electron chi connectivity index (χ0n) is 20.5. The SMILES string of the molecule is N#CC1(NC(=O)[C@H](Cc2ccc(OCC3CCC3)c(Cl)c2)NC(=O)c2cnn(-c3ccc(F)cc3)n2)CC1. The lowest BCUT2D eigenvalue weighted by molar-refractivity contribution is -0.123. The van der Waals surface area contributed by atoms with E-state index in [2.05, 4.69) is 26.9 Å². The Kier molecular flexibility index (Phi) is 7.29. The molecule has 1 heterocycles. The molecule has 0 saturated heterocycles. The Morgan fingerprint density at radius 3 is 2.63 bits per heavy atom. The van der Waals surface area contributed by atoms with Gasteiger partial charge >= 0.3 is 0 Å². The summed E-state index contributed by atoms with van der Waals surface area (Å²) in [7, 11) is 0. The van der Waals surface area contributed by atoms with Crippen LogP contribution in [0.2, 0.25) is 5.02 Å². The minimum atomic E-state index is -0.998. The third-order valence-electron chi connectivity index (χ3n) is 6.87. The molecule has 3 aromatic rings. The van der Waals surface area contributed by atoms with Gasteiger partial charge in [0.05, 0.1) is 29.6 Å². The lowest BCUT2D eigenvalue weighted by atomic mass is 9.86. The Bertz CT molecular complexity index is 1380. The zero-order chi connectivity index (χ0) is 26.7. The van der Waals surface area contributed by atoms with Gasteiger partial charge in [0, 0.05) is 6.42 Å². The molecule has 0 spiro atoms. The molecule has 1 aromatic heterocycles. The number of hydrogen-bond acceptors (Lipinski definition) is 6. The number of halogens is 2. The first kappa shape index (κ1) is 25.7. The van der Waals surface area contributed by atoms with Gasteiger partial charge < -0.3 is 15.4 Å². The van der Waals surface area contributed by atoms with E-state index in [0.29, 0.717) is 47.4 Å². The number of nitriles is 1. The molecule has 0 unspecified atom stereocenters. The van der Waals surface area contributed by atoms with Gasteiger partial charge in [0.15, 0.2) is 5.69 Å². The Balaban J connectivity index is 1.30. The first-order chi connectivity index (χ1) is 18.3. The fraction of sp³-hybridized carbons (Fsp3) is 0.370. The van der Waals surface area contributed by atoms with Crippen molar-refractivity contribution in [2.75, 3.05) is 6.61 Å². The van der Waals surface area contributed by atoms with Crippen molar-refractivity contribution < 1.29 is 18.7 Å². The predicted octanol–water partition coefficient (Wildman–Crippen LogP) is 3.75. The summed E-state index contributed by atoms with van der Waals surface area (Å²) in [6.07, 6.45) is 6.05. The number of rotatable bonds is 10. The average molecular weight is 537 g/mol. The molecular weight excluding hydrogens is 511 g/mol. The third kappa shape index (κ3) is 5.94. The van der Waals surface area contributed by atoms with Crippen LogP contribution in [0.4, 0.5) is 4.39 Å². The summed E-state index contributed by atoms with van der Waals surface area (Å²) < 4.78 is 19.1. The summed E-state index contributed by atoms with van der Waals surface area (Å²) in [6.45, 7) is 0.620. The molecule has 11 heteroatoms. The molecule has 196 valence electrons. The summed E-state index contributed by atoms with van der Waals surface area (Å²) in [5, 5.41) is 23.5. The van der Waals surface area contributed by atoms with E-state index in [4.69, 9.17) is 16.3 Å². The summed E-state index contributed by atoms with van der Waals surface area (Å²) in [6, 6.07) is 11.9. The molecule has 2 fully saturated rings. The maximum Gasteiger partial charge on any atom is 0.274 e. The van der Waals surface area contributed by atoms with Crippen molar-refractivity contribution in [3.05, 3.63) is 70.8 Å². The van der Waals surface area contributed by atoms with E-state index in [1.807, 2.05) is 0 Å². The summed E-state index contributed by atoms with van der Waals surface area (Å²) in [5.41, 5.74) is 0.260. The van der Waals surface area contributed by atoms with Crippen molar-refractivity contribution in [2.45, 2.75) is 50.1 Å². The predicted molar refractivity (Wildman–Crippen MR) is 136 cm³/mol. The standard InChI is InChI=1S/C27H26ClFN6O3/c28-21-12-18(4-9-24(21)38-15-17-2-1-3-17)13-22(26(37)33-27(16-30)10-11-27)32-25(36)23-14-31-35(34-23)20-7-5-19(29)6-8-20/h4-9,12,14,17,22H,1-3,10-11,13,15H2,(H,32,36)(H,33,37)/t22-/m0/s1. The monoisotopic (exact) mass is 536 g/mol. The number of aromatic nitrogens is 3. The molecule has 0 bridgehead atoms. The van der Waals surface area contributed by atoms with Crippen molar-refractivity contribution in [2.24, 2.45) is 5.92 Å². The lowest BCUT2D eigenvalue weighted by Gasteiger charge is -2.25. The van der Waals surface area contributed by atoms with Crippen LogP contribution in [0.5, 0.6) is 5.75 Å². The normalized spacial score (nSPS) is 16.6. The van der Waals surface area contributed by atoms with Gasteiger partial charge in [-0.1, -0.05) is 24.1 Å². The third-order valence-corrected chi connectivity index (χ3v) is 7.16. The highest BCUT2D eigenvalue weighted by molar-refractivity contribution is 6.32. The highest BCUT2D eigenvalue weighted by Gasteiger charge is 2.45. The molecule has 2 amide bonds. The summed E-state index contributed by atoms with van der Waals surface area (Å²) >= 11 is 6.45. The van der Waals surface area contributed by atoms with Gasteiger partial charge in [-0.25, -0.2) is 4.39 Å². The van der Waals surface area contributed by atoms with Gasteiger partial charge in [-0.05, 0) is 73.6 Å². The molecule has 38 heavy (non-hydrogen) atoms. The second-order valence-corrected chi connectivity index (χ2v) is 10.2. The molecule has 9 nitrogen and oxygen atoms in total. The summed E-state index contributed by atoms with van der Waals surface area (Å²) in [5.74, 6) is -0.371. The van der Waals surface area contributed by atoms with Gasteiger partial charge in [0.2, 0.25) is 5.91 Å². The largest absolute Gasteiger partial charge is 0.492 e. The molecule has 5 rings (SSSR count). The van der Waals surface area contributed by atoms with Gasteiger partial charge in [0.25, 0.3) is 5.91 Å². The lowest BCUT2D eigenvalue weighted by Crippen LogP contribution is -2.51.